The molecule has 1 amide bonds. The molecule has 1 fully saturated rings. The average molecular weight is 316 g/mol. The third-order valence-corrected chi connectivity index (χ3v) is 3.84. The van der Waals surface area contributed by atoms with Gasteiger partial charge in [0, 0.05) is 31.4 Å². The number of likely N-dealkylation sites (tertiary alicyclic amines) is 1. The summed E-state index contributed by atoms with van der Waals surface area (Å²) in [6, 6.07) is 6.33. The Bertz CT molecular complexity index is 693. The summed E-state index contributed by atoms with van der Waals surface area (Å²) in [5.41, 5.74) is -0.0402. The van der Waals surface area contributed by atoms with Crippen LogP contribution < -0.4 is 5.32 Å². The van der Waals surface area contributed by atoms with Gasteiger partial charge in [-0.15, -0.1) is 0 Å². The second-order valence-corrected chi connectivity index (χ2v) is 5.32. The number of anilines is 1. The van der Waals surface area contributed by atoms with Crippen molar-refractivity contribution in [2.75, 3.05) is 18.4 Å². The number of nitrogens with one attached hydrogen (secondary N) is 1. The highest BCUT2D eigenvalue weighted by Crippen LogP contribution is 2.24. The van der Waals surface area contributed by atoms with E-state index in [-0.39, 0.29) is 23.5 Å². The lowest BCUT2D eigenvalue weighted by molar-refractivity contribution is -0.384. The first kappa shape index (κ1) is 15.0. The largest absolute Gasteiger partial charge is 0.459 e. The average Bonchev–Trinajstić information content (AvgIpc) is 3.10. The van der Waals surface area contributed by atoms with Crippen LogP contribution in [-0.2, 0) is 0 Å². The van der Waals surface area contributed by atoms with Crippen LogP contribution in [0.25, 0.3) is 0 Å². The molecule has 2 aromatic rings. The Morgan fingerprint density at radius 3 is 2.78 bits per heavy atom. The first-order valence-corrected chi connectivity index (χ1v) is 7.34. The molecular formula is C15H16N4O4. The van der Waals surface area contributed by atoms with E-state index in [2.05, 4.69) is 10.3 Å². The van der Waals surface area contributed by atoms with Crippen LogP contribution in [0.15, 0.2) is 41.1 Å². The first-order chi connectivity index (χ1) is 11.1. The predicted octanol–water partition coefficient (Wildman–Crippen LogP) is 2.30. The lowest BCUT2D eigenvalue weighted by Crippen LogP contribution is -2.42. The molecule has 2 aromatic heterocycles. The number of hydrogen-bond donors (Lipinski definition) is 1. The van der Waals surface area contributed by atoms with Crippen molar-refractivity contribution in [3.8, 4) is 0 Å². The van der Waals surface area contributed by atoms with Crippen LogP contribution in [-0.4, -0.2) is 39.8 Å². The zero-order valence-corrected chi connectivity index (χ0v) is 12.3. The van der Waals surface area contributed by atoms with Crippen molar-refractivity contribution in [3.63, 3.8) is 0 Å². The molecule has 0 atom stereocenters. The molecule has 8 heteroatoms. The van der Waals surface area contributed by atoms with Crippen LogP contribution in [0.4, 0.5) is 11.5 Å². The Hall–Kier alpha value is -2.90. The predicted molar refractivity (Wildman–Crippen MR) is 82.1 cm³/mol. The molecule has 0 bridgehead atoms. The monoisotopic (exact) mass is 316 g/mol. The van der Waals surface area contributed by atoms with Gasteiger partial charge in [-0.25, -0.2) is 4.98 Å². The number of aromatic nitrogens is 1. The molecule has 120 valence electrons. The Morgan fingerprint density at radius 2 is 2.13 bits per heavy atom. The van der Waals surface area contributed by atoms with E-state index in [1.807, 2.05) is 0 Å². The molecule has 3 rings (SSSR count). The fourth-order valence-electron chi connectivity index (χ4n) is 2.63. The van der Waals surface area contributed by atoms with E-state index in [1.165, 1.54) is 24.6 Å². The highest BCUT2D eigenvalue weighted by Gasteiger charge is 2.26. The van der Waals surface area contributed by atoms with Crippen molar-refractivity contribution >= 4 is 17.4 Å². The van der Waals surface area contributed by atoms with E-state index in [0.29, 0.717) is 31.7 Å². The molecule has 1 aliphatic heterocycles. The van der Waals surface area contributed by atoms with Gasteiger partial charge >= 0.3 is 5.69 Å². The number of furan rings is 1. The number of rotatable bonds is 4. The lowest BCUT2D eigenvalue weighted by Gasteiger charge is -2.32. The molecule has 1 N–H and O–H groups in total. The Morgan fingerprint density at radius 1 is 1.35 bits per heavy atom. The van der Waals surface area contributed by atoms with Crippen molar-refractivity contribution in [1.29, 1.82) is 0 Å². The number of amides is 1. The second-order valence-electron chi connectivity index (χ2n) is 5.32. The molecular weight excluding hydrogens is 300 g/mol. The maximum absolute atomic E-state index is 12.2. The number of piperidine rings is 1. The lowest BCUT2D eigenvalue weighted by atomic mass is 10.0. The van der Waals surface area contributed by atoms with Gasteiger partial charge in [-0.3, -0.25) is 14.9 Å². The van der Waals surface area contributed by atoms with Gasteiger partial charge < -0.3 is 14.6 Å². The summed E-state index contributed by atoms with van der Waals surface area (Å²) in [5, 5.41) is 14.1. The maximum atomic E-state index is 12.2. The van der Waals surface area contributed by atoms with Gasteiger partial charge in [-0.05, 0) is 31.0 Å². The Labute approximate surface area is 132 Å². The second kappa shape index (κ2) is 6.47. The van der Waals surface area contributed by atoms with Crippen molar-refractivity contribution < 1.29 is 14.1 Å². The summed E-state index contributed by atoms with van der Waals surface area (Å²) in [5.74, 6) is 0.474. The molecule has 0 aliphatic carbocycles. The minimum absolute atomic E-state index is 0.0402. The van der Waals surface area contributed by atoms with E-state index < -0.39 is 4.92 Å². The first-order valence-electron chi connectivity index (χ1n) is 7.34. The molecule has 1 aliphatic rings. The molecule has 23 heavy (non-hydrogen) atoms. The van der Waals surface area contributed by atoms with Crippen molar-refractivity contribution in [1.82, 2.24) is 9.88 Å². The normalized spacial score (nSPS) is 15.4. The van der Waals surface area contributed by atoms with Crippen LogP contribution in [0.2, 0.25) is 0 Å². The standard InChI is InChI=1S/C15H16N4O4/c20-15(13-4-2-10-23-13)18-8-5-11(6-9-18)17-14-12(19(21)22)3-1-7-16-14/h1-4,7,10-11H,5-6,8-9H2,(H,16,17). The summed E-state index contributed by atoms with van der Waals surface area (Å²) < 4.78 is 5.12. The van der Waals surface area contributed by atoms with Crippen molar-refractivity contribution in [3.05, 3.63) is 52.6 Å². The van der Waals surface area contributed by atoms with Gasteiger partial charge in [-0.2, -0.15) is 0 Å². The molecule has 0 aromatic carbocycles. The molecule has 0 spiro atoms. The third-order valence-electron chi connectivity index (χ3n) is 3.84. The molecule has 0 unspecified atom stereocenters. The van der Waals surface area contributed by atoms with Crippen molar-refractivity contribution in [2.24, 2.45) is 0 Å². The quantitative estimate of drug-likeness (QED) is 0.686. The summed E-state index contributed by atoms with van der Waals surface area (Å²) in [6.07, 6.45) is 4.38. The molecule has 0 radical (unpaired) electrons. The van der Waals surface area contributed by atoms with Crippen LogP contribution >= 0.6 is 0 Å². The highest BCUT2D eigenvalue weighted by molar-refractivity contribution is 5.91. The maximum Gasteiger partial charge on any atom is 0.311 e. The number of hydrogen-bond acceptors (Lipinski definition) is 6. The Balaban J connectivity index is 1.60. The fraction of sp³-hybridized carbons (Fsp3) is 0.333. The van der Waals surface area contributed by atoms with Gasteiger partial charge in [0.25, 0.3) is 5.91 Å². The zero-order valence-electron chi connectivity index (χ0n) is 12.3. The number of nitro groups is 1. The third kappa shape index (κ3) is 3.31. The summed E-state index contributed by atoms with van der Waals surface area (Å²) in [4.78, 5) is 28.5. The number of carbonyl (C=O) groups excluding carboxylic acids is 1. The van der Waals surface area contributed by atoms with E-state index >= 15 is 0 Å². The number of nitrogens with zero attached hydrogens (tertiary/aromatic N) is 3. The molecule has 0 saturated carbocycles. The van der Waals surface area contributed by atoms with Gasteiger partial charge in [0.2, 0.25) is 5.82 Å². The van der Waals surface area contributed by atoms with Crippen LogP contribution in [0, 0.1) is 10.1 Å². The molecule has 8 nitrogen and oxygen atoms in total. The van der Waals surface area contributed by atoms with Gasteiger partial charge in [0.1, 0.15) is 0 Å². The van der Waals surface area contributed by atoms with E-state index in [1.54, 1.807) is 17.0 Å². The zero-order chi connectivity index (χ0) is 16.2. The highest BCUT2D eigenvalue weighted by atomic mass is 16.6. The fourth-order valence-corrected chi connectivity index (χ4v) is 2.63. The van der Waals surface area contributed by atoms with E-state index in [0.717, 1.165) is 0 Å². The van der Waals surface area contributed by atoms with E-state index in [4.69, 9.17) is 4.42 Å². The molecule has 1 saturated heterocycles. The summed E-state index contributed by atoms with van der Waals surface area (Å²) in [7, 11) is 0. The number of pyridine rings is 1. The summed E-state index contributed by atoms with van der Waals surface area (Å²) >= 11 is 0. The minimum Gasteiger partial charge on any atom is -0.459 e. The smallest absolute Gasteiger partial charge is 0.311 e. The number of carbonyl (C=O) groups is 1. The van der Waals surface area contributed by atoms with Crippen LogP contribution in [0.3, 0.4) is 0 Å². The molecule has 3 heterocycles. The van der Waals surface area contributed by atoms with Gasteiger partial charge in [0.15, 0.2) is 5.76 Å². The van der Waals surface area contributed by atoms with Gasteiger partial charge in [-0.1, -0.05) is 0 Å². The minimum atomic E-state index is -0.453. The van der Waals surface area contributed by atoms with Crippen LogP contribution in [0.5, 0.6) is 0 Å². The van der Waals surface area contributed by atoms with Gasteiger partial charge in [0.05, 0.1) is 11.2 Å². The topological polar surface area (TPSA) is 102 Å². The van der Waals surface area contributed by atoms with E-state index in [9.17, 15) is 14.9 Å². The van der Waals surface area contributed by atoms with Crippen LogP contribution in [0.1, 0.15) is 23.4 Å². The SMILES string of the molecule is O=C(c1ccco1)N1CCC(Nc2ncccc2[N+](=O)[O-])CC1. The van der Waals surface area contributed by atoms with Crippen molar-refractivity contribution in [2.45, 2.75) is 18.9 Å². The summed E-state index contributed by atoms with van der Waals surface area (Å²) in [6.45, 7) is 1.13. The Kier molecular flexibility index (Phi) is 4.22.